The molecule has 1 heterocycles. The van der Waals surface area contributed by atoms with Crippen LogP contribution in [0.15, 0.2) is 18.7 Å². The average molecular weight is 256 g/mol. The van der Waals surface area contributed by atoms with E-state index in [1.165, 1.54) is 0 Å². The van der Waals surface area contributed by atoms with Gasteiger partial charge in [-0.1, -0.05) is 0 Å². The molecule has 0 N–H and O–H groups in total. The van der Waals surface area contributed by atoms with Crippen LogP contribution in [0.5, 0.6) is 0 Å². The Morgan fingerprint density at radius 3 is 1.62 bits per heavy atom. The number of halogens is 8. The summed E-state index contributed by atoms with van der Waals surface area (Å²) in [6.07, 6.45) is 2.42. The van der Waals surface area contributed by atoms with Crippen molar-refractivity contribution < 1.29 is 39.4 Å². The zero-order valence-electron chi connectivity index (χ0n) is 7.38. The van der Waals surface area contributed by atoms with Gasteiger partial charge < -0.3 is 17.3 Å². The van der Waals surface area contributed by atoms with Gasteiger partial charge in [0.25, 0.3) is 6.33 Å². The van der Waals surface area contributed by atoms with Gasteiger partial charge in [0.2, 0.25) is 0 Å². The van der Waals surface area contributed by atoms with E-state index in [1.54, 1.807) is 0 Å². The molecule has 0 aliphatic rings. The highest BCUT2D eigenvalue weighted by Gasteiger charge is 2.20. The number of nitrogens with zero attached hydrogens (tertiary/aromatic N) is 2. The average Bonchev–Trinajstić information content (AvgIpc) is 2.47. The minimum atomic E-state index is -6.00. The molecule has 1 rings (SSSR count). The van der Waals surface area contributed by atoms with Crippen LogP contribution in [-0.2, 0) is 0 Å². The summed E-state index contributed by atoms with van der Waals surface area (Å²) in [6.45, 7) is -5.54. The normalized spacial score (nSPS) is 11.6. The fourth-order valence-electron chi connectivity index (χ4n) is 0.616. The summed E-state index contributed by atoms with van der Waals surface area (Å²) in [6, 6.07) is 0. The Morgan fingerprint density at radius 1 is 1.00 bits per heavy atom. The van der Waals surface area contributed by atoms with Crippen LogP contribution in [0.3, 0.4) is 0 Å². The standard InChI is InChI=1S/C5H5F4N2.BF4/c6-4(7)10-1-2-11(3-10)5(8)9;2-1(3,4)5/h1-5H;/q+1;-1. The van der Waals surface area contributed by atoms with Gasteiger partial charge >= 0.3 is 20.4 Å². The Labute approximate surface area is 84.2 Å². The molecule has 11 heteroatoms. The van der Waals surface area contributed by atoms with Gasteiger partial charge in [-0.3, -0.25) is 0 Å². The SMILES string of the molecule is FC(F)n1cc[n+](C(F)F)c1.F[B-](F)(F)F. The molecule has 0 aromatic carbocycles. The third-order valence-electron chi connectivity index (χ3n) is 1.13. The molecule has 0 unspecified atom stereocenters. The van der Waals surface area contributed by atoms with Crippen molar-refractivity contribution in [3.63, 3.8) is 0 Å². The molecule has 0 saturated carbocycles. The number of imidazole rings is 1. The Morgan fingerprint density at radius 2 is 1.44 bits per heavy atom. The van der Waals surface area contributed by atoms with Crippen molar-refractivity contribution in [3.05, 3.63) is 18.7 Å². The summed E-state index contributed by atoms with van der Waals surface area (Å²) in [5, 5.41) is 0. The van der Waals surface area contributed by atoms with Crippen LogP contribution in [0.25, 0.3) is 0 Å². The topological polar surface area (TPSA) is 8.81 Å². The third kappa shape index (κ3) is 7.07. The zero-order chi connectivity index (χ0) is 12.9. The lowest BCUT2D eigenvalue weighted by Crippen LogP contribution is -2.31. The van der Waals surface area contributed by atoms with E-state index in [4.69, 9.17) is 0 Å². The monoisotopic (exact) mass is 256 g/mol. The van der Waals surface area contributed by atoms with Crippen molar-refractivity contribution in [1.29, 1.82) is 0 Å². The lowest BCUT2D eigenvalue weighted by Gasteiger charge is -1.94. The summed E-state index contributed by atoms with van der Waals surface area (Å²) in [4.78, 5) is 0. The molecular formula is C5H5BF8N2. The molecule has 94 valence electrons. The van der Waals surface area contributed by atoms with Crippen LogP contribution in [0.1, 0.15) is 13.1 Å². The number of alkyl halides is 4. The second kappa shape index (κ2) is 5.70. The smallest absolute Gasteiger partial charge is 0.418 e. The van der Waals surface area contributed by atoms with Crippen molar-refractivity contribution in [1.82, 2.24) is 4.57 Å². The Bertz CT molecular complexity index is 279. The van der Waals surface area contributed by atoms with Crippen molar-refractivity contribution in [3.8, 4) is 0 Å². The molecule has 0 bridgehead atoms. The molecular weight excluding hydrogens is 251 g/mol. The van der Waals surface area contributed by atoms with E-state index >= 15 is 0 Å². The quantitative estimate of drug-likeness (QED) is 0.437. The summed E-state index contributed by atoms with van der Waals surface area (Å²) < 4.78 is 86.8. The number of aromatic nitrogens is 2. The third-order valence-corrected chi connectivity index (χ3v) is 1.13. The molecule has 0 saturated heterocycles. The van der Waals surface area contributed by atoms with Crippen LogP contribution in [0, 0.1) is 0 Å². The minimum absolute atomic E-state index is 0.395. The second-order valence-corrected chi connectivity index (χ2v) is 2.36. The lowest BCUT2D eigenvalue weighted by molar-refractivity contribution is -0.773. The van der Waals surface area contributed by atoms with Crippen LogP contribution < -0.4 is 4.57 Å². The van der Waals surface area contributed by atoms with Gasteiger partial charge in [0.1, 0.15) is 12.4 Å². The van der Waals surface area contributed by atoms with Gasteiger partial charge in [-0.25, -0.2) is 0 Å². The van der Waals surface area contributed by atoms with Gasteiger partial charge in [0.15, 0.2) is 0 Å². The zero-order valence-corrected chi connectivity index (χ0v) is 7.38. The van der Waals surface area contributed by atoms with Crippen molar-refractivity contribution in [2.24, 2.45) is 0 Å². The minimum Gasteiger partial charge on any atom is -0.418 e. The first-order valence-corrected chi connectivity index (χ1v) is 3.63. The highest BCUT2D eigenvalue weighted by molar-refractivity contribution is 6.50. The van der Waals surface area contributed by atoms with Crippen LogP contribution in [0.4, 0.5) is 34.8 Å². The van der Waals surface area contributed by atoms with Gasteiger partial charge in [-0.05, 0) is 0 Å². The molecule has 0 aliphatic carbocycles. The highest BCUT2D eigenvalue weighted by atomic mass is 19.5. The van der Waals surface area contributed by atoms with E-state index in [-0.39, 0.29) is 0 Å². The molecule has 1 aromatic heterocycles. The maximum Gasteiger partial charge on any atom is 0.673 e. The molecule has 16 heavy (non-hydrogen) atoms. The number of hydrogen-bond donors (Lipinski definition) is 0. The number of hydrogen-bond acceptors (Lipinski definition) is 0. The molecule has 0 fully saturated rings. The largest absolute Gasteiger partial charge is 0.673 e. The highest BCUT2D eigenvalue weighted by Crippen LogP contribution is 2.08. The maximum atomic E-state index is 11.7. The maximum absolute atomic E-state index is 11.7. The first-order valence-electron chi connectivity index (χ1n) is 3.63. The van der Waals surface area contributed by atoms with Gasteiger partial charge in [-0.2, -0.15) is 26.7 Å². The van der Waals surface area contributed by atoms with Crippen LogP contribution in [-0.4, -0.2) is 11.8 Å². The molecule has 0 spiro atoms. The fourth-order valence-corrected chi connectivity index (χ4v) is 0.616. The van der Waals surface area contributed by atoms with E-state index in [2.05, 4.69) is 0 Å². The summed E-state index contributed by atoms with van der Waals surface area (Å²) in [5.41, 5.74) is 0. The van der Waals surface area contributed by atoms with Crippen LogP contribution >= 0.6 is 0 Å². The predicted octanol–water partition coefficient (Wildman–Crippen LogP) is 2.87. The van der Waals surface area contributed by atoms with E-state index in [1.807, 2.05) is 0 Å². The summed E-state index contributed by atoms with van der Waals surface area (Å²) in [5.74, 6) is 0. The fraction of sp³-hybridized carbons (Fsp3) is 0.400. The molecule has 0 aliphatic heterocycles. The molecule has 2 nitrogen and oxygen atoms in total. The lowest BCUT2D eigenvalue weighted by atomic mass is 10.3. The molecule has 0 radical (unpaired) electrons. The van der Waals surface area contributed by atoms with E-state index in [0.29, 0.717) is 15.5 Å². The van der Waals surface area contributed by atoms with E-state index in [0.717, 1.165) is 12.4 Å². The van der Waals surface area contributed by atoms with Crippen LogP contribution in [0.2, 0.25) is 0 Å². The Balaban J connectivity index is 0.000000385. The van der Waals surface area contributed by atoms with E-state index in [9.17, 15) is 34.8 Å². The first kappa shape index (κ1) is 14.7. The molecule has 0 atom stereocenters. The summed E-state index contributed by atoms with van der Waals surface area (Å²) in [7, 11) is -6.00. The molecule has 0 amide bonds. The van der Waals surface area contributed by atoms with E-state index < -0.39 is 20.4 Å². The first-order chi connectivity index (χ1) is 7.11. The van der Waals surface area contributed by atoms with Crippen molar-refractivity contribution in [2.45, 2.75) is 13.1 Å². The molecule has 1 aromatic rings. The van der Waals surface area contributed by atoms with Crippen molar-refractivity contribution in [2.75, 3.05) is 0 Å². The Kier molecular flexibility index (Phi) is 5.25. The second-order valence-electron chi connectivity index (χ2n) is 2.36. The van der Waals surface area contributed by atoms with Gasteiger partial charge in [0.05, 0.1) is 0 Å². The number of rotatable bonds is 2. The van der Waals surface area contributed by atoms with Gasteiger partial charge in [-0.15, -0.1) is 0 Å². The predicted molar refractivity (Wildman–Crippen MR) is 37.3 cm³/mol. The van der Waals surface area contributed by atoms with Crippen molar-refractivity contribution >= 4 is 7.25 Å². The van der Waals surface area contributed by atoms with Gasteiger partial charge in [0, 0.05) is 0 Å². The summed E-state index contributed by atoms with van der Waals surface area (Å²) >= 11 is 0. The Hall–Kier alpha value is -1.29.